The molecular weight excluding hydrogens is 322 g/mol. The van der Waals surface area contributed by atoms with Gasteiger partial charge in [0.1, 0.15) is 11.4 Å². The molecule has 1 aliphatic rings. The minimum absolute atomic E-state index is 0.0872. The highest BCUT2D eigenvalue weighted by molar-refractivity contribution is 5.69. The number of rotatable bonds is 4. The maximum atomic E-state index is 12.6. The number of carbonyl (C=O) groups excluding carboxylic acids is 1. The lowest BCUT2D eigenvalue weighted by Crippen LogP contribution is -2.55. The quantitative estimate of drug-likeness (QED) is 0.871. The molecule has 0 saturated carbocycles. The van der Waals surface area contributed by atoms with Gasteiger partial charge in [0.05, 0.1) is 32.4 Å². The summed E-state index contributed by atoms with van der Waals surface area (Å²) in [5.74, 6) is 0.871. The fourth-order valence-electron chi connectivity index (χ4n) is 3.47. The summed E-state index contributed by atoms with van der Waals surface area (Å²) in [6, 6.07) is 6.93. The van der Waals surface area contributed by atoms with Crippen molar-refractivity contribution in [2.24, 2.45) is 0 Å². The Bertz CT molecular complexity index is 569. The number of nitrogens with zero attached hydrogens (tertiary/aromatic N) is 1. The topological polar surface area (TPSA) is 79.2 Å². The predicted molar refractivity (Wildman–Crippen MR) is 94.8 cm³/mol. The Kier molecular flexibility index (Phi) is 6.30. The highest BCUT2D eigenvalue weighted by atomic mass is 16.6. The van der Waals surface area contributed by atoms with Gasteiger partial charge in [0.25, 0.3) is 0 Å². The number of benzene rings is 1. The molecule has 1 aliphatic heterocycles. The smallest absolute Gasteiger partial charge is 0.410 e. The Morgan fingerprint density at radius 3 is 2.20 bits per heavy atom. The van der Waals surface area contributed by atoms with Crippen LogP contribution in [0.4, 0.5) is 4.79 Å². The van der Waals surface area contributed by atoms with Crippen LogP contribution in [0.25, 0.3) is 0 Å². The van der Waals surface area contributed by atoms with Crippen LogP contribution in [0.5, 0.6) is 5.75 Å². The van der Waals surface area contributed by atoms with Gasteiger partial charge < -0.3 is 19.7 Å². The van der Waals surface area contributed by atoms with Gasteiger partial charge in [0.15, 0.2) is 0 Å². The van der Waals surface area contributed by atoms with Gasteiger partial charge in [-0.1, -0.05) is 18.2 Å². The van der Waals surface area contributed by atoms with Crippen LogP contribution in [0.3, 0.4) is 0 Å². The number of aliphatic hydroxyl groups is 2. The van der Waals surface area contributed by atoms with Gasteiger partial charge in [-0.25, -0.2) is 4.79 Å². The first-order valence-electron chi connectivity index (χ1n) is 8.66. The maximum Gasteiger partial charge on any atom is 0.410 e. The van der Waals surface area contributed by atoms with E-state index in [2.05, 4.69) is 0 Å². The predicted octanol–water partition coefficient (Wildman–Crippen LogP) is 2.53. The summed E-state index contributed by atoms with van der Waals surface area (Å²) in [6.07, 6.45) is 0.684. The average molecular weight is 351 g/mol. The van der Waals surface area contributed by atoms with Crippen molar-refractivity contribution in [2.75, 3.05) is 20.3 Å². The van der Waals surface area contributed by atoms with E-state index in [9.17, 15) is 15.0 Å². The molecule has 6 heteroatoms. The standard InChI is InChI=1S/C19H29NO5/c1-19(2,3)25-18(23)20-14(11-21)9-13(10-15(20)12-22)16-7-5-6-8-17(16)24-4/h5-8,13-15,21-22H,9-12H2,1-4H3. The first kappa shape index (κ1) is 19.5. The van der Waals surface area contributed by atoms with Crippen LogP contribution in [-0.4, -0.2) is 59.2 Å². The third kappa shape index (κ3) is 4.64. The molecule has 140 valence electrons. The molecule has 1 aromatic rings. The van der Waals surface area contributed by atoms with E-state index >= 15 is 0 Å². The summed E-state index contributed by atoms with van der Waals surface area (Å²) < 4.78 is 10.9. The fourth-order valence-corrected chi connectivity index (χ4v) is 3.47. The van der Waals surface area contributed by atoms with Crippen molar-refractivity contribution in [3.63, 3.8) is 0 Å². The second kappa shape index (κ2) is 8.06. The van der Waals surface area contributed by atoms with E-state index in [1.807, 2.05) is 24.3 Å². The number of likely N-dealkylation sites (tertiary alicyclic amines) is 1. The van der Waals surface area contributed by atoms with Crippen LogP contribution < -0.4 is 4.74 Å². The van der Waals surface area contributed by atoms with Crippen molar-refractivity contribution < 1.29 is 24.5 Å². The van der Waals surface area contributed by atoms with Crippen molar-refractivity contribution in [3.8, 4) is 5.75 Å². The molecule has 1 fully saturated rings. The molecule has 6 nitrogen and oxygen atoms in total. The molecule has 1 amide bonds. The van der Waals surface area contributed by atoms with Crippen LogP contribution >= 0.6 is 0 Å². The third-order valence-electron chi connectivity index (χ3n) is 4.50. The molecule has 2 N–H and O–H groups in total. The fraction of sp³-hybridized carbons (Fsp3) is 0.632. The molecule has 25 heavy (non-hydrogen) atoms. The summed E-state index contributed by atoms with van der Waals surface area (Å²) in [5, 5.41) is 19.7. The van der Waals surface area contributed by atoms with Gasteiger partial charge in [0.2, 0.25) is 0 Å². The highest BCUT2D eigenvalue weighted by Crippen LogP contribution is 2.39. The van der Waals surface area contributed by atoms with Crippen LogP contribution in [0, 0.1) is 0 Å². The number of amides is 1. The SMILES string of the molecule is COc1ccccc1C1CC(CO)N(C(=O)OC(C)(C)C)C(CO)C1. The zero-order valence-corrected chi connectivity index (χ0v) is 15.4. The first-order valence-corrected chi connectivity index (χ1v) is 8.66. The molecule has 2 atom stereocenters. The molecule has 2 rings (SSSR count). The van der Waals surface area contributed by atoms with Crippen LogP contribution in [0.2, 0.25) is 0 Å². The summed E-state index contributed by atoms with van der Waals surface area (Å²) in [5.41, 5.74) is 0.405. The number of para-hydroxylation sites is 1. The van der Waals surface area contributed by atoms with Crippen molar-refractivity contribution in [1.82, 2.24) is 4.90 Å². The molecule has 2 unspecified atom stereocenters. The number of aliphatic hydroxyl groups excluding tert-OH is 2. The Morgan fingerprint density at radius 1 is 1.16 bits per heavy atom. The summed E-state index contributed by atoms with van der Waals surface area (Å²) >= 11 is 0. The van der Waals surface area contributed by atoms with Crippen molar-refractivity contribution >= 4 is 6.09 Å². The molecule has 0 spiro atoms. The number of ether oxygens (including phenoxy) is 2. The largest absolute Gasteiger partial charge is 0.496 e. The van der Waals surface area contributed by atoms with Gasteiger partial charge >= 0.3 is 6.09 Å². The van der Waals surface area contributed by atoms with E-state index < -0.39 is 23.8 Å². The Hall–Kier alpha value is -1.79. The van der Waals surface area contributed by atoms with Crippen molar-refractivity contribution in [1.29, 1.82) is 0 Å². The lowest BCUT2D eigenvalue weighted by atomic mass is 9.81. The van der Waals surface area contributed by atoms with Crippen LogP contribution in [0.15, 0.2) is 24.3 Å². The minimum atomic E-state index is -0.628. The van der Waals surface area contributed by atoms with Gasteiger partial charge in [-0.05, 0) is 51.2 Å². The van der Waals surface area contributed by atoms with E-state index in [-0.39, 0.29) is 19.1 Å². The first-order chi connectivity index (χ1) is 11.8. The average Bonchev–Trinajstić information content (AvgIpc) is 2.58. The summed E-state index contributed by atoms with van der Waals surface area (Å²) in [4.78, 5) is 14.1. The molecule has 0 bridgehead atoms. The normalized spacial score (nSPS) is 24.1. The second-order valence-electron chi connectivity index (χ2n) is 7.47. The maximum absolute atomic E-state index is 12.6. The number of methoxy groups -OCH3 is 1. The van der Waals surface area contributed by atoms with E-state index in [4.69, 9.17) is 9.47 Å². The van der Waals surface area contributed by atoms with E-state index in [1.165, 1.54) is 4.90 Å². The Labute approximate surface area is 149 Å². The zero-order valence-electron chi connectivity index (χ0n) is 15.4. The molecule has 0 radical (unpaired) electrons. The van der Waals surface area contributed by atoms with Gasteiger partial charge in [-0.3, -0.25) is 4.90 Å². The molecule has 0 aliphatic carbocycles. The van der Waals surface area contributed by atoms with E-state index in [0.29, 0.717) is 12.8 Å². The summed E-state index contributed by atoms with van der Waals surface area (Å²) in [7, 11) is 1.63. The third-order valence-corrected chi connectivity index (χ3v) is 4.50. The second-order valence-corrected chi connectivity index (χ2v) is 7.47. The molecule has 1 heterocycles. The molecule has 1 aromatic carbocycles. The Morgan fingerprint density at radius 2 is 1.72 bits per heavy atom. The number of hydrogen-bond donors (Lipinski definition) is 2. The summed E-state index contributed by atoms with van der Waals surface area (Å²) in [6.45, 7) is 5.04. The zero-order chi connectivity index (χ0) is 18.6. The molecular formula is C19H29NO5. The highest BCUT2D eigenvalue weighted by Gasteiger charge is 2.41. The number of hydrogen-bond acceptors (Lipinski definition) is 5. The van der Waals surface area contributed by atoms with Crippen molar-refractivity contribution in [3.05, 3.63) is 29.8 Å². The van der Waals surface area contributed by atoms with Crippen molar-refractivity contribution in [2.45, 2.75) is 57.2 Å². The van der Waals surface area contributed by atoms with Crippen LogP contribution in [-0.2, 0) is 4.74 Å². The Balaban J connectivity index is 2.26. The minimum Gasteiger partial charge on any atom is -0.496 e. The van der Waals surface area contributed by atoms with Crippen LogP contribution in [0.1, 0.15) is 45.1 Å². The van der Waals surface area contributed by atoms with E-state index in [0.717, 1.165) is 11.3 Å². The van der Waals surface area contributed by atoms with E-state index in [1.54, 1.807) is 27.9 Å². The number of carbonyl (C=O) groups is 1. The molecule has 0 aromatic heterocycles. The van der Waals surface area contributed by atoms with Gasteiger partial charge in [0, 0.05) is 0 Å². The molecule has 1 saturated heterocycles. The number of piperidine rings is 1. The van der Waals surface area contributed by atoms with Gasteiger partial charge in [-0.15, -0.1) is 0 Å². The lowest BCUT2D eigenvalue weighted by molar-refractivity contribution is -0.0284. The van der Waals surface area contributed by atoms with Gasteiger partial charge in [-0.2, -0.15) is 0 Å². The monoisotopic (exact) mass is 351 g/mol. The lowest BCUT2D eigenvalue weighted by Gasteiger charge is -2.44.